The zero-order chi connectivity index (χ0) is 18.0. The van der Waals surface area contributed by atoms with E-state index in [1.165, 1.54) is 5.56 Å². The summed E-state index contributed by atoms with van der Waals surface area (Å²) in [6.45, 7) is 1.35. The van der Waals surface area contributed by atoms with Gasteiger partial charge in [-0.2, -0.15) is 0 Å². The van der Waals surface area contributed by atoms with Gasteiger partial charge in [0.25, 0.3) is 5.91 Å². The number of amides is 1. The average molecular weight is 365 g/mol. The lowest BCUT2D eigenvalue weighted by atomic mass is 9.94. The summed E-state index contributed by atoms with van der Waals surface area (Å²) in [4.78, 5) is 24.9. The van der Waals surface area contributed by atoms with Crippen molar-refractivity contribution < 1.29 is 19.8 Å². The summed E-state index contributed by atoms with van der Waals surface area (Å²) in [5, 5.41) is 21.7. The third-order valence-electron chi connectivity index (χ3n) is 4.91. The smallest absolute Gasteiger partial charge is 0.322 e. The molecule has 7 heteroatoms. The Morgan fingerprint density at radius 2 is 1.92 bits per heavy atom. The Bertz CT molecular complexity index is 710. The summed E-state index contributed by atoms with van der Waals surface area (Å²) in [5.41, 5.74) is 1.59. The van der Waals surface area contributed by atoms with Crippen LogP contribution >= 0.6 is 11.6 Å². The fraction of sp³-hybridized carbons (Fsp3) is 0.444. The van der Waals surface area contributed by atoms with Crippen LogP contribution in [0.25, 0.3) is 0 Å². The number of rotatable bonds is 6. The lowest BCUT2D eigenvalue weighted by molar-refractivity contribution is -0.137. The summed E-state index contributed by atoms with van der Waals surface area (Å²) in [6.07, 6.45) is 2.56. The van der Waals surface area contributed by atoms with E-state index in [9.17, 15) is 14.7 Å². The van der Waals surface area contributed by atoms with Crippen LogP contribution in [-0.2, 0) is 15.0 Å². The fourth-order valence-electron chi connectivity index (χ4n) is 3.33. The van der Waals surface area contributed by atoms with Gasteiger partial charge in [-0.1, -0.05) is 23.7 Å². The van der Waals surface area contributed by atoms with Crippen LogP contribution in [0.15, 0.2) is 35.6 Å². The molecular weight excluding hydrogens is 344 g/mol. The highest BCUT2D eigenvalue weighted by molar-refractivity contribution is 6.30. The number of aliphatic hydroxyl groups is 1. The molecular formula is C18H21ClN2O4. The van der Waals surface area contributed by atoms with Gasteiger partial charge in [-0.3, -0.25) is 14.5 Å². The van der Waals surface area contributed by atoms with Gasteiger partial charge in [-0.25, -0.2) is 0 Å². The van der Waals surface area contributed by atoms with Crippen molar-refractivity contribution in [1.82, 2.24) is 10.2 Å². The number of carbonyl (C=O) groups excluding carboxylic acids is 1. The second-order valence-corrected chi connectivity index (χ2v) is 7.19. The van der Waals surface area contributed by atoms with Crippen molar-refractivity contribution in [3.8, 4) is 0 Å². The van der Waals surface area contributed by atoms with E-state index in [1.807, 2.05) is 24.3 Å². The number of nitrogens with zero attached hydrogens (tertiary/aromatic N) is 1. The molecule has 1 aromatic carbocycles. The largest absolute Gasteiger partial charge is 0.512 e. The number of aliphatic carboxylic acids is 1. The van der Waals surface area contributed by atoms with Gasteiger partial charge in [0.15, 0.2) is 0 Å². The molecule has 1 heterocycles. The first-order valence-electron chi connectivity index (χ1n) is 8.29. The van der Waals surface area contributed by atoms with Crippen molar-refractivity contribution in [2.24, 2.45) is 0 Å². The highest BCUT2D eigenvalue weighted by Crippen LogP contribution is 2.49. The monoisotopic (exact) mass is 364 g/mol. The minimum Gasteiger partial charge on any atom is -0.512 e. The Morgan fingerprint density at radius 1 is 1.24 bits per heavy atom. The van der Waals surface area contributed by atoms with Crippen LogP contribution in [0.2, 0.25) is 5.02 Å². The first kappa shape index (κ1) is 17.8. The van der Waals surface area contributed by atoms with E-state index in [0.717, 1.165) is 19.4 Å². The minimum absolute atomic E-state index is 0.0514. The molecule has 134 valence electrons. The highest BCUT2D eigenvalue weighted by atomic mass is 35.5. The second-order valence-electron chi connectivity index (χ2n) is 6.75. The fourth-order valence-corrected chi connectivity index (χ4v) is 3.46. The quantitative estimate of drug-likeness (QED) is 0.719. The van der Waals surface area contributed by atoms with Crippen molar-refractivity contribution in [1.29, 1.82) is 0 Å². The number of halogens is 1. The summed E-state index contributed by atoms with van der Waals surface area (Å²) in [5.74, 6) is -1.57. The maximum absolute atomic E-state index is 12.1. The SMILES string of the molecule is O=C(O)CNC(=O)C1=C(O)CCN(CC2(c3ccc(Cl)cc3)CC2)C1. The summed E-state index contributed by atoms with van der Waals surface area (Å²) >= 11 is 5.97. The predicted molar refractivity (Wildman–Crippen MR) is 93.7 cm³/mol. The van der Waals surface area contributed by atoms with E-state index in [0.29, 0.717) is 24.5 Å². The maximum atomic E-state index is 12.1. The normalized spacial score (nSPS) is 19.6. The molecule has 3 N–H and O–H groups in total. The van der Waals surface area contributed by atoms with Crippen molar-refractivity contribution in [3.05, 3.63) is 46.2 Å². The van der Waals surface area contributed by atoms with Crippen LogP contribution in [0.5, 0.6) is 0 Å². The Morgan fingerprint density at radius 3 is 2.52 bits per heavy atom. The summed E-state index contributed by atoms with van der Waals surface area (Å²) in [7, 11) is 0. The standard InChI is InChI=1S/C18H21ClN2O4/c19-13-3-1-12(2-4-13)18(6-7-18)11-21-8-5-15(22)14(10-21)17(25)20-9-16(23)24/h1-4,22H,5-11H2,(H,20,25)(H,23,24). The molecule has 0 bridgehead atoms. The molecule has 0 spiro atoms. The number of carboxylic acids is 1. The van der Waals surface area contributed by atoms with E-state index in [2.05, 4.69) is 10.2 Å². The number of nitrogens with one attached hydrogen (secondary N) is 1. The van der Waals surface area contributed by atoms with Gasteiger partial charge in [-0.15, -0.1) is 0 Å². The van der Waals surface area contributed by atoms with Crippen LogP contribution in [0.1, 0.15) is 24.8 Å². The zero-order valence-electron chi connectivity index (χ0n) is 13.8. The molecule has 1 fully saturated rings. The molecule has 1 aliphatic heterocycles. The number of hydrogen-bond donors (Lipinski definition) is 3. The van der Waals surface area contributed by atoms with Gasteiger partial charge in [0, 0.05) is 36.5 Å². The van der Waals surface area contributed by atoms with E-state index >= 15 is 0 Å². The van der Waals surface area contributed by atoms with Gasteiger partial charge in [0.2, 0.25) is 0 Å². The number of carbonyl (C=O) groups is 2. The number of carboxylic acid groups (broad SMARTS) is 1. The van der Waals surface area contributed by atoms with Gasteiger partial charge >= 0.3 is 5.97 Å². The van der Waals surface area contributed by atoms with E-state index in [1.54, 1.807) is 0 Å². The molecule has 0 unspecified atom stereocenters. The molecule has 0 atom stereocenters. The Labute approximate surface area is 151 Å². The number of aliphatic hydroxyl groups excluding tert-OH is 1. The molecule has 2 aliphatic rings. The molecule has 0 radical (unpaired) electrons. The third-order valence-corrected chi connectivity index (χ3v) is 5.16. The van der Waals surface area contributed by atoms with Crippen LogP contribution < -0.4 is 5.32 Å². The highest BCUT2D eigenvalue weighted by Gasteiger charge is 2.45. The molecule has 1 aromatic rings. The second kappa shape index (κ2) is 7.06. The Hall–Kier alpha value is -2.05. The van der Waals surface area contributed by atoms with Crippen molar-refractivity contribution in [3.63, 3.8) is 0 Å². The van der Waals surface area contributed by atoms with E-state index in [4.69, 9.17) is 16.7 Å². The Balaban J connectivity index is 1.66. The predicted octanol–water partition coefficient (Wildman–Crippen LogP) is 2.09. The van der Waals surface area contributed by atoms with Gasteiger partial charge in [0.05, 0.1) is 5.57 Å². The van der Waals surface area contributed by atoms with Crippen LogP contribution in [-0.4, -0.2) is 53.2 Å². The molecule has 25 heavy (non-hydrogen) atoms. The number of benzene rings is 1. The molecule has 6 nitrogen and oxygen atoms in total. The first-order valence-corrected chi connectivity index (χ1v) is 8.67. The Kier molecular flexibility index (Phi) is 5.01. The van der Waals surface area contributed by atoms with Crippen LogP contribution in [0, 0.1) is 0 Å². The average Bonchev–Trinajstić information content (AvgIpc) is 3.35. The van der Waals surface area contributed by atoms with E-state index in [-0.39, 0.29) is 16.7 Å². The first-order chi connectivity index (χ1) is 11.9. The van der Waals surface area contributed by atoms with Gasteiger partial charge in [0.1, 0.15) is 12.3 Å². The zero-order valence-corrected chi connectivity index (χ0v) is 14.6. The van der Waals surface area contributed by atoms with Gasteiger partial charge < -0.3 is 15.5 Å². The minimum atomic E-state index is -1.11. The van der Waals surface area contributed by atoms with Crippen molar-refractivity contribution in [2.45, 2.75) is 24.7 Å². The van der Waals surface area contributed by atoms with Crippen LogP contribution in [0.4, 0.5) is 0 Å². The van der Waals surface area contributed by atoms with E-state index < -0.39 is 18.4 Å². The molecule has 0 aromatic heterocycles. The maximum Gasteiger partial charge on any atom is 0.322 e. The molecule has 0 saturated heterocycles. The topological polar surface area (TPSA) is 89.9 Å². The van der Waals surface area contributed by atoms with Crippen molar-refractivity contribution in [2.75, 3.05) is 26.2 Å². The summed E-state index contributed by atoms with van der Waals surface area (Å²) in [6, 6.07) is 7.88. The van der Waals surface area contributed by atoms with Crippen molar-refractivity contribution >= 4 is 23.5 Å². The molecule has 3 rings (SSSR count). The molecule has 1 amide bonds. The molecule has 1 aliphatic carbocycles. The number of hydrogen-bond acceptors (Lipinski definition) is 4. The third kappa shape index (κ3) is 4.14. The molecule has 1 saturated carbocycles. The lowest BCUT2D eigenvalue weighted by Gasteiger charge is -2.31. The van der Waals surface area contributed by atoms with Gasteiger partial charge in [-0.05, 0) is 30.5 Å². The lowest BCUT2D eigenvalue weighted by Crippen LogP contribution is -2.42. The summed E-state index contributed by atoms with van der Waals surface area (Å²) < 4.78 is 0. The van der Waals surface area contributed by atoms with Crippen LogP contribution in [0.3, 0.4) is 0 Å².